The summed E-state index contributed by atoms with van der Waals surface area (Å²) in [6.45, 7) is 0. The van der Waals surface area contributed by atoms with Gasteiger partial charge in [0.1, 0.15) is 11.6 Å². The van der Waals surface area contributed by atoms with Crippen molar-refractivity contribution in [3.05, 3.63) is 138 Å². The van der Waals surface area contributed by atoms with Gasteiger partial charge in [0.15, 0.2) is 0 Å². The molecule has 39 heavy (non-hydrogen) atoms. The summed E-state index contributed by atoms with van der Waals surface area (Å²) >= 11 is 0. The zero-order chi connectivity index (χ0) is 26.9. The maximum Gasteiger partial charge on any atom is 0.233 e. The minimum Gasteiger partial charge on any atom is -0.388 e. The van der Waals surface area contributed by atoms with Gasteiger partial charge in [-0.15, -0.1) is 0 Å². The van der Waals surface area contributed by atoms with Gasteiger partial charge in [0.05, 0.1) is 18.1 Å². The van der Waals surface area contributed by atoms with E-state index in [1.807, 2.05) is 24.3 Å². The Balaban J connectivity index is 1.27. The molecule has 5 heteroatoms. The van der Waals surface area contributed by atoms with Crippen LogP contribution in [0.5, 0.6) is 0 Å². The van der Waals surface area contributed by atoms with Crippen LogP contribution in [-0.2, 0) is 4.79 Å². The third-order valence-electron chi connectivity index (χ3n) is 7.66. The summed E-state index contributed by atoms with van der Waals surface area (Å²) in [6, 6.07) is 34.3. The van der Waals surface area contributed by atoms with Gasteiger partial charge >= 0.3 is 0 Å². The van der Waals surface area contributed by atoms with Crippen molar-refractivity contribution in [2.75, 3.05) is 4.90 Å². The highest BCUT2D eigenvalue weighted by atomic mass is 19.1. The largest absolute Gasteiger partial charge is 0.388 e. The fraction of sp³-hybridized carbons (Fsp3) is 0.147. The Morgan fingerprint density at radius 1 is 0.718 bits per heavy atom. The Kier molecular flexibility index (Phi) is 6.67. The monoisotopic (exact) mass is 519 g/mol. The number of benzene rings is 5. The molecular weight excluding hydrogens is 492 g/mol. The van der Waals surface area contributed by atoms with Crippen LogP contribution in [0.2, 0.25) is 0 Å². The number of carbonyl (C=O) groups is 1. The van der Waals surface area contributed by atoms with Crippen molar-refractivity contribution in [1.29, 1.82) is 0 Å². The van der Waals surface area contributed by atoms with Crippen LogP contribution in [-0.4, -0.2) is 11.0 Å². The van der Waals surface area contributed by atoms with Crippen molar-refractivity contribution in [3.63, 3.8) is 0 Å². The van der Waals surface area contributed by atoms with Crippen LogP contribution >= 0.6 is 0 Å². The lowest BCUT2D eigenvalue weighted by Gasteiger charge is -2.48. The van der Waals surface area contributed by atoms with E-state index in [2.05, 4.69) is 42.5 Å². The first-order chi connectivity index (χ1) is 19.0. The van der Waals surface area contributed by atoms with Crippen molar-refractivity contribution in [3.8, 4) is 11.1 Å². The van der Waals surface area contributed by atoms with E-state index in [-0.39, 0.29) is 29.5 Å². The Morgan fingerprint density at radius 2 is 1.33 bits per heavy atom. The third kappa shape index (κ3) is 4.93. The fourth-order valence-corrected chi connectivity index (χ4v) is 5.53. The van der Waals surface area contributed by atoms with Crippen LogP contribution in [0.1, 0.15) is 36.1 Å². The molecule has 0 saturated carbocycles. The number of hydrogen-bond acceptors (Lipinski definition) is 2. The molecule has 3 atom stereocenters. The predicted molar refractivity (Wildman–Crippen MR) is 150 cm³/mol. The SMILES string of the molecule is O=C1C(CC[C@H](O)c2ccc(F)cc2)[C@@H](c2ccc(-c3ccc4ccccc4c3)cc2)N1c1ccc(F)cc1. The molecule has 0 radical (unpaired) electrons. The van der Waals surface area contributed by atoms with Crippen LogP contribution < -0.4 is 4.90 Å². The average molecular weight is 520 g/mol. The van der Waals surface area contributed by atoms with Gasteiger partial charge in [-0.25, -0.2) is 8.78 Å². The molecule has 3 nitrogen and oxygen atoms in total. The molecule has 1 saturated heterocycles. The van der Waals surface area contributed by atoms with Crippen molar-refractivity contribution in [2.45, 2.75) is 25.0 Å². The van der Waals surface area contributed by atoms with Crippen LogP contribution in [0.15, 0.2) is 115 Å². The number of amides is 1. The Bertz CT molecular complexity index is 1610. The molecule has 1 heterocycles. The minimum atomic E-state index is -0.797. The molecular formula is C34H27F2NO2. The third-order valence-corrected chi connectivity index (χ3v) is 7.66. The molecule has 0 aromatic heterocycles. The Labute approximate surface area is 226 Å². The number of hydrogen-bond donors (Lipinski definition) is 1. The number of anilines is 1. The summed E-state index contributed by atoms with van der Waals surface area (Å²) in [4.78, 5) is 15.0. The number of aliphatic hydroxyl groups is 1. The van der Waals surface area contributed by atoms with Gasteiger partial charge in [-0.05, 0) is 88.3 Å². The molecule has 0 bridgehead atoms. The number of nitrogens with zero attached hydrogens (tertiary/aromatic N) is 1. The molecule has 1 unspecified atom stereocenters. The summed E-state index contributed by atoms with van der Waals surface area (Å²) in [5, 5.41) is 13.0. The molecule has 0 spiro atoms. The van der Waals surface area contributed by atoms with E-state index in [0.29, 0.717) is 24.1 Å². The lowest BCUT2D eigenvalue weighted by atomic mass is 9.78. The topological polar surface area (TPSA) is 40.5 Å². The molecule has 5 aromatic rings. The van der Waals surface area contributed by atoms with Crippen molar-refractivity contribution in [2.24, 2.45) is 5.92 Å². The van der Waals surface area contributed by atoms with Crippen LogP contribution in [0.4, 0.5) is 14.5 Å². The second-order valence-corrected chi connectivity index (χ2v) is 10.1. The maximum atomic E-state index is 13.6. The molecule has 1 aliphatic rings. The summed E-state index contributed by atoms with van der Waals surface area (Å²) in [5.41, 5.74) is 4.42. The average Bonchev–Trinajstić information content (AvgIpc) is 2.97. The lowest BCUT2D eigenvalue weighted by Crippen LogP contribution is -2.55. The molecule has 0 aliphatic carbocycles. The second kappa shape index (κ2) is 10.4. The summed E-state index contributed by atoms with van der Waals surface area (Å²) in [7, 11) is 0. The van der Waals surface area contributed by atoms with Crippen molar-refractivity contribution < 1.29 is 18.7 Å². The maximum absolute atomic E-state index is 13.6. The van der Waals surface area contributed by atoms with E-state index in [4.69, 9.17) is 0 Å². The zero-order valence-corrected chi connectivity index (χ0v) is 21.2. The summed E-state index contributed by atoms with van der Waals surface area (Å²) in [5.74, 6) is -1.11. The fourth-order valence-electron chi connectivity index (χ4n) is 5.53. The molecule has 194 valence electrons. The van der Waals surface area contributed by atoms with Gasteiger partial charge in [0, 0.05) is 5.69 Å². The standard InChI is InChI=1S/C34H27F2NO2/c35-28-13-11-24(12-14-28)32(38)20-19-31-33(37(34(31)39)30-17-15-29(36)16-18-30)25-8-5-23(6-9-25)27-10-7-22-3-1-2-4-26(22)21-27/h1-18,21,31-33,38H,19-20H2/t31?,32-,33+/m0/s1. The van der Waals surface area contributed by atoms with Crippen molar-refractivity contribution >= 4 is 22.4 Å². The highest BCUT2D eigenvalue weighted by Crippen LogP contribution is 2.46. The van der Waals surface area contributed by atoms with E-state index in [9.17, 15) is 18.7 Å². The van der Waals surface area contributed by atoms with Gasteiger partial charge < -0.3 is 10.0 Å². The van der Waals surface area contributed by atoms with E-state index in [1.165, 1.54) is 35.0 Å². The number of halogens is 2. The smallest absolute Gasteiger partial charge is 0.233 e. The molecule has 1 N–H and O–H groups in total. The number of rotatable bonds is 7. The van der Waals surface area contributed by atoms with Gasteiger partial charge in [0.2, 0.25) is 5.91 Å². The number of fused-ring (bicyclic) bond motifs is 1. The molecule has 1 fully saturated rings. The number of aliphatic hydroxyl groups excluding tert-OH is 1. The normalized spacial score (nSPS) is 17.7. The summed E-state index contributed by atoms with van der Waals surface area (Å²) in [6.07, 6.45) is 0.0335. The van der Waals surface area contributed by atoms with Gasteiger partial charge in [-0.3, -0.25) is 4.79 Å². The Morgan fingerprint density at radius 3 is 2.03 bits per heavy atom. The molecule has 1 aliphatic heterocycles. The summed E-state index contributed by atoms with van der Waals surface area (Å²) < 4.78 is 26.9. The first-order valence-corrected chi connectivity index (χ1v) is 13.1. The second-order valence-electron chi connectivity index (χ2n) is 10.1. The van der Waals surface area contributed by atoms with Crippen molar-refractivity contribution in [1.82, 2.24) is 0 Å². The molecule has 5 aromatic carbocycles. The minimum absolute atomic E-state index is 0.0588. The van der Waals surface area contributed by atoms with Gasteiger partial charge in [0.25, 0.3) is 0 Å². The van der Waals surface area contributed by atoms with E-state index < -0.39 is 6.10 Å². The Hall–Kier alpha value is -4.35. The first kappa shape index (κ1) is 25.0. The van der Waals surface area contributed by atoms with Crippen LogP contribution in [0.25, 0.3) is 21.9 Å². The van der Waals surface area contributed by atoms with Gasteiger partial charge in [-0.1, -0.05) is 72.8 Å². The lowest BCUT2D eigenvalue weighted by molar-refractivity contribution is -0.131. The van der Waals surface area contributed by atoms with E-state index in [1.54, 1.807) is 29.2 Å². The quantitative estimate of drug-likeness (QED) is 0.221. The highest BCUT2D eigenvalue weighted by Gasteiger charge is 2.48. The van der Waals surface area contributed by atoms with Gasteiger partial charge in [-0.2, -0.15) is 0 Å². The molecule has 1 amide bonds. The zero-order valence-electron chi connectivity index (χ0n) is 21.2. The number of β-lactam (4-membered cyclic amide) rings is 1. The van der Waals surface area contributed by atoms with E-state index >= 15 is 0 Å². The molecule has 6 rings (SSSR count). The highest BCUT2D eigenvalue weighted by molar-refractivity contribution is 6.03. The van der Waals surface area contributed by atoms with Crippen LogP contribution in [0, 0.1) is 17.6 Å². The van der Waals surface area contributed by atoms with E-state index in [0.717, 1.165) is 16.7 Å². The van der Waals surface area contributed by atoms with Crippen LogP contribution in [0.3, 0.4) is 0 Å². The predicted octanol–water partition coefficient (Wildman–Crippen LogP) is 8.00. The first-order valence-electron chi connectivity index (χ1n) is 13.1. The number of carbonyl (C=O) groups excluding carboxylic acids is 1.